The van der Waals surface area contributed by atoms with E-state index in [4.69, 9.17) is 9.15 Å². The standard InChI is InChI=1S/C19H28N4O2/c1-19(2,3)16(24-5)12-22-18(20-4)21-11-15-13-25-17(23-15)14-9-7-6-8-10-14/h6-10,13,16H,11-12H2,1-5H3,(H2,20,21,22). The molecule has 0 spiro atoms. The number of guanidine groups is 1. The molecule has 6 heteroatoms. The number of ether oxygens (including phenoxy) is 1. The van der Waals surface area contributed by atoms with Crippen molar-refractivity contribution < 1.29 is 9.15 Å². The van der Waals surface area contributed by atoms with Gasteiger partial charge in [0.25, 0.3) is 0 Å². The SMILES string of the molecule is CN=C(NCc1coc(-c2ccccc2)n1)NCC(OC)C(C)(C)C. The smallest absolute Gasteiger partial charge is 0.226 e. The number of rotatable bonds is 6. The summed E-state index contributed by atoms with van der Waals surface area (Å²) < 4.78 is 11.1. The average molecular weight is 344 g/mol. The number of hydrogen-bond acceptors (Lipinski definition) is 4. The molecule has 0 radical (unpaired) electrons. The molecule has 0 saturated heterocycles. The van der Waals surface area contributed by atoms with Crippen LogP contribution in [0, 0.1) is 5.41 Å². The second-order valence-corrected chi connectivity index (χ2v) is 6.91. The first-order valence-corrected chi connectivity index (χ1v) is 8.41. The van der Waals surface area contributed by atoms with E-state index in [-0.39, 0.29) is 11.5 Å². The van der Waals surface area contributed by atoms with Gasteiger partial charge in [0.1, 0.15) is 6.26 Å². The lowest BCUT2D eigenvalue weighted by atomic mass is 9.89. The number of benzene rings is 1. The lowest BCUT2D eigenvalue weighted by Crippen LogP contribution is -2.45. The van der Waals surface area contributed by atoms with Gasteiger partial charge in [-0.2, -0.15) is 0 Å². The molecule has 0 fully saturated rings. The van der Waals surface area contributed by atoms with Crippen LogP contribution in [0.2, 0.25) is 0 Å². The molecule has 2 aromatic rings. The predicted octanol–water partition coefficient (Wildman–Crippen LogP) is 3.07. The Bertz CT molecular complexity index is 674. The first kappa shape index (κ1) is 19.0. The van der Waals surface area contributed by atoms with Gasteiger partial charge in [-0.1, -0.05) is 39.0 Å². The predicted molar refractivity (Wildman–Crippen MR) is 100 cm³/mol. The van der Waals surface area contributed by atoms with E-state index in [1.807, 2.05) is 30.3 Å². The Labute approximate surface area is 149 Å². The van der Waals surface area contributed by atoms with Crippen molar-refractivity contribution in [2.45, 2.75) is 33.4 Å². The maximum atomic E-state index is 5.55. The van der Waals surface area contributed by atoms with Crippen LogP contribution in [0.15, 0.2) is 46.0 Å². The summed E-state index contributed by atoms with van der Waals surface area (Å²) in [5, 5.41) is 6.53. The van der Waals surface area contributed by atoms with E-state index in [0.29, 0.717) is 24.9 Å². The lowest BCUT2D eigenvalue weighted by Gasteiger charge is -2.30. The highest BCUT2D eigenvalue weighted by atomic mass is 16.5. The van der Waals surface area contributed by atoms with E-state index < -0.39 is 0 Å². The maximum Gasteiger partial charge on any atom is 0.226 e. The van der Waals surface area contributed by atoms with Gasteiger partial charge in [0, 0.05) is 26.3 Å². The molecule has 136 valence electrons. The summed E-state index contributed by atoms with van der Waals surface area (Å²) >= 11 is 0. The third-order valence-electron chi connectivity index (χ3n) is 3.94. The lowest BCUT2D eigenvalue weighted by molar-refractivity contribution is 0.0205. The van der Waals surface area contributed by atoms with Crippen LogP contribution in [0.5, 0.6) is 0 Å². The van der Waals surface area contributed by atoms with Crippen molar-refractivity contribution in [3.63, 3.8) is 0 Å². The Kier molecular flexibility index (Phi) is 6.58. The topological polar surface area (TPSA) is 71.7 Å². The van der Waals surface area contributed by atoms with Gasteiger partial charge in [-0.25, -0.2) is 4.98 Å². The molecular formula is C19H28N4O2. The van der Waals surface area contributed by atoms with Gasteiger partial charge in [0.2, 0.25) is 5.89 Å². The molecule has 25 heavy (non-hydrogen) atoms. The normalized spacial score (nSPS) is 13.6. The zero-order valence-electron chi connectivity index (χ0n) is 15.7. The third kappa shape index (κ3) is 5.60. The molecule has 1 aromatic heterocycles. The van der Waals surface area contributed by atoms with Crippen LogP contribution in [0.1, 0.15) is 26.5 Å². The van der Waals surface area contributed by atoms with Gasteiger partial charge in [-0.15, -0.1) is 0 Å². The van der Waals surface area contributed by atoms with Crippen LogP contribution in [0.3, 0.4) is 0 Å². The molecule has 0 saturated carbocycles. The van der Waals surface area contributed by atoms with E-state index >= 15 is 0 Å². The number of nitrogens with one attached hydrogen (secondary N) is 2. The molecule has 0 amide bonds. The highest BCUT2D eigenvalue weighted by molar-refractivity contribution is 5.79. The zero-order valence-corrected chi connectivity index (χ0v) is 15.7. The molecule has 1 atom stereocenters. The van der Waals surface area contributed by atoms with Crippen LogP contribution in [0.25, 0.3) is 11.5 Å². The largest absolute Gasteiger partial charge is 0.444 e. The van der Waals surface area contributed by atoms with Crippen molar-refractivity contribution in [2.24, 2.45) is 10.4 Å². The zero-order chi connectivity index (χ0) is 18.3. The highest BCUT2D eigenvalue weighted by Crippen LogP contribution is 2.21. The van der Waals surface area contributed by atoms with Gasteiger partial charge in [0.05, 0.1) is 18.3 Å². The molecule has 1 aromatic carbocycles. The van der Waals surface area contributed by atoms with Gasteiger partial charge < -0.3 is 19.8 Å². The summed E-state index contributed by atoms with van der Waals surface area (Å²) in [7, 11) is 3.47. The number of aliphatic imine (C=N–C) groups is 1. The molecule has 1 heterocycles. The minimum atomic E-state index is 0.0529. The Morgan fingerprint density at radius 2 is 1.96 bits per heavy atom. The minimum Gasteiger partial charge on any atom is -0.444 e. The van der Waals surface area contributed by atoms with Gasteiger partial charge >= 0.3 is 0 Å². The number of oxazole rings is 1. The van der Waals surface area contributed by atoms with Crippen molar-refractivity contribution in [1.82, 2.24) is 15.6 Å². The number of methoxy groups -OCH3 is 1. The molecule has 0 aliphatic heterocycles. The van der Waals surface area contributed by atoms with E-state index in [2.05, 4.69) is 41.4 Å². The fourth-order valence-electron chi connectivity index (χ4n) is 2.43. The monoisotopic (exact) mass is 344 g/mol. The first-order chi connectivity index (χ1) is 11.9. The Morgan fingerprint density at radius 1 is 1.24 bits per heavy atom. The maximum absolute atomic E-state index is 5.55. The molecule has 2 rings (SSSR count). The summed E-state index contributed by atoms with van der Waals surface area (Å²) in [5.41, 5.74) is 1.84. The molecular weight excluding hydrogens is 316 g/mol. The summed E-state index contributed by atoms with van der Waals surface area (Å²) in [6.07, 6.45) is 1.75. The highest BCUT2D eigenvalue weighted by Gasteiger charge is 2.24. The van der Waals surface area contributed by atoms with Gasteiger partial charge in [-0.05, 0) is 17.5 Å². The molecule has 6 nitrogen and oxygen atoms in total. The van der Waals surface area contributed by atoms with Gasteiger partial charge in [0.15, 0.2) is 5.96 Å². The van der Waals surface area contributed by atoms with Crippen LogP contribution in [0.4, 0.5) is 0 Å². The molecule has 1 unspecified atom stereocenters. The van der Waals surface area contributed by atoms with Crippen molar-refractivity contribution >= 4 is 5.96 Å². The quantitative estimate of drug-likeness (QED) is 0.622. The van der Waals surface area contributed by atoms with Crippen molar-refractivity contribution in [3.05, 3.63) is 42.3 Å². The van der Waals surface area contributed by atoms with E-state index in [9.17, 15) is 0 Å². The fraction of sp³-hybridized carbons (Fsp3) is 0.474. The number of hydrogen-bond donors (Lipinski definition) is 2. The summed E-state index contributed by atoms with van der Waals surface area (Å²) in [5.74, 6) is 1.32. The third-order valence-corrected chi connectivity index (χ3v) is 3.94. The second-order valence-electron chi connectivity index (χ2n) is 6.91. The molecule has 0 aliphatic carbocycles. The van der Waals surface area contributed by atoms with Crippen LogP contribution >= 0.6 is 0 Å². The van der Waals surface area contributed by atoms with Crippen molar-refractivity contribution in [1.29, 1.82) is 0 Å². The molecule has 0 aliphatic rings. The first-order valence-electron chi connectivity index (χ1n) is 8.41. The number of nitrogens with zero attached hydrogens (tertiary/aromatic N) is 2. The summed E-state index contributed by atoms with van der Waals surface area (Å²) in [6, 6.07) is 9.84. The van der Waals surface area contributed by atoms with Crippen LogP contribution < -0.4 is 10.6 Å². The van der Waals surface area contributed by atoms with Gasteiger partial charge in [-0.3, -0.25) is 4.99 Å². The second kappa shape index (κ2) is 8.67. The number of aromatic nitrogens is 1. The Balaban J connectivity index is 1.88. The van der Waals surface area contributed by atoms with Crippen molar-refractivity contribution in [3.8, 4) is 11.5 Å². The van der Waals surface area contributed by atoms with Crippen LogP contribution in [-0.2, 0) is 11.3 Å². The summed E-state index contributed by atoms with van der Waals surface area (Å²) in [4.78, 5) is 8.74. The molecule has 0 bridgehead atoms. The minimum absolute atomic E-state index is 0.0529. The summed E-state index contributed by atoms with van der Waals surface area (Å²) in [6.45, 7) is 7.66. The van der Waals surface area contributed by atoms with E-state index in [1.165, 1.54) is 0 Å². The Morgan fingerprint density at radius 3 is 2.56 bits per heavy atom. The van der Waals surface area contributed by atoms with Crippen molar-refractivity contribution in [2.75, 3.05) is 20.7 Å². The van der Waals surface area contributed by atoms with Crippen LogP contribution in [-0.4, -0.2) is 37.7 Å². The van der Waals surface area contributed by atoms with E-state index in [0.717, 1.165) is 11.3 Å². The fourth-order valence-corrected chi connectivity index (χ4v) is 2.43. The van der Waals surface area contributed by atoms with E-state index in [1.54, 1.807) is 20.4 Å². The average Bonchev–Trinajstić information content (AvgIpc) is 3.06. The molecule has 2 N–H and O–H groups in total. The Hall–Kier alpha value is -2.34.